The maximum Gasteiger partial charge on any atom is 0.0462 e. The third kappa shape index (κ3) is 484. The number of nitriles is 1. The molecule has 0 N–H and O–H groups in total. The molecule has 0 aromatic carbocycles. The zero-order valence-corrected chi connectivity index (χ0v) is 3.47. The Labute approximate surface area is 37.4 Å². The van der Waals surface area contributed by atoms with Gasteiger partial charge in [0.2, 0.25) is 0 Å². The summed E-state index contributed by atoms with van der Waals surface area (Å²) in [6.07, 6.45) is 0. The van der Waals surface area contributed by atoms with E-state index in [0.29, 0.717) is 0 Å². The van der Waals surface area contributed by atoms with Gasteiger partial charge in [-0.3, -0.25) is 0 Å². The summed E-state index contributed by atoms with van der Waals surface area (Å²) in [4.78, 5) is 0. The number of halogens is 2. The van der Waals surface area contributed by atoms with Crippen molar-refractivity contribution in [2.45, 2.75) is 0 Å². The average molecular weight is 99.9 g/mol. The minimum atomic E-state index is 0. The molecule has 4 heavy (non-hydrogen) atoms. The molecule has 0 aromatic rings. The van der Waals surface area contributed by atoms with Gasteiger partial charge in [0.25, 0.3) is 0 Å². The van der Waals surface area contributed by atoms with Crippen LogP contribution in [0.15, 0.2) is 0 Å². The van der Waals surface area contributed by atoms with E-state index in [1.54, 1.807) is 0 Å². The van der Waals surface area contributed by atoms with Crippen LogP contribution in [0.5, 0.6) is 0 Å². The fourth-order valence-corrected chi connectivity index (χ4v) is 0. The Bertz CT molecular complexity index is 10.8. The van der Waals surface area contributed by atoms with Crippen LogP contribution < -0.4 is 0 Å². The van der Waals surface area contributed by atoms with Crippen molar-refractivity contribution in [1.29, 1.82) is 5.26 Å². The van der Waals surface area contributed by atoms with E-state index in [4.69, 9.17) is 5.26 Å². The van der Waals surface area contributed by atoms with Crippen LogP contribution in [0.25, 0.3) is 0 Å². The van der Waals surface area contributed by atoms with Crippen molar-refractivity contribution in [2.75, 3.05) is 0 Å². The first-order valence-electron chi connectivity index (χ1n) is 0.258. The van der Waals surface area contributed by atoms with Gasteiger partial charge in [0.15, 0.2) is 0 Å². The maximum absolute atomic E-state index is 6.50. The molecule has 26 valence electrons. The standard InChI is InChI=1S/CHN.2ClH/c1-2;;/h1H;2*1H. The molecule has 0 fully saturated rings. The quantitative estimate of drug-likeness (QED) is 0.445. The zero-order valence-electron chi connectivity index (χ0n) is 1.84. The summed E-state index contributed by atoms with van der Waals surface area (Å²) < 4.78 is 0. The normalized spacial score (nSPS) is 0.500. The Morgan fingerprint density at radius 3 is 1.00 bits per heavy atom. The van der Waals surface area contributed by atoms with Crippen molar-refractivity contribution in [2.24, 2.45) is 0 Å². The molecular weight excluding hydrogens is 96.9 g/mol. The van der Waals surface area contributed by atoms with Crippen LogP contribution in [0.2, 0.25) is 0 Å². The Morgan fingerprint density at radius 1 is 1.00 bits per heavy atom. The number of hydrogen-bond acceptors (Lipinski definition) is 1. The van der Waals surface area contributed by atoms with Crippen LogP contribution in [0.1, 0.15) is 0 Å². The van der Waals surface area contributed by atoms with E-state index in [1.807, 2.05) is 0 Å². The van der Waals surface area contributed by atoms with Gasteiger partial charge < -0.3 is 0 Å². The van der Waals surface area contributed by atoms with Crippen LogP contribution in [-0.4, -0.2) is 0 Å². The lowest BCUT2D eigenvalue weighted by molar-refractivity contribution is 1.58. The van der Waals surface area contributed by atoms with Crippen LogP contribution in [0.3, 0.4) is 0 Å². The smallest absolute Gasteiger partial charge is 0.0462 e. The summed E-state index contributed by atoms with van der Waals surface area (Å²) in [5.41, 5.74) is 0. The Hall–Kier alpha value is 0.0700. The lowest BCUT2D eigenvalue weighted by Gasteiger charge is -0.668. The summed E-state index contributed by atoms with van der Waals surface area (Å²) in [6, 6.07) is 0. The lowest BCUT2D eigenvalue weighted by atomic mass is 11.9. The molecule has 0 rings (SSSR count). The zero-order chi connectivity index (χ0) is 2.00. The monoisotopic (exact) mass is 99.0 g/mol. The molecule has 0 aliphatic rings. The summed E-state index contributed by atoms with van der Waals surface area (Å²) in [6.45, 7) is 3.50. The van der Waals surface area contributed by atoms with Gasteiger partial charge in [-0.05, 0) is 0 Å². The molecule has 0 saturated heterocycles. The summed E-state index contributed by atoms with van der Waals surface area (Å²) >= 11 is 0. The molecule has 0 heterocycles. The fourth-order valence-electron chi connectivity index (χ4n) is 0. The third-order valence-corrected chi connectivity index (χ3v) is 0. The molecule has 0 spiro atoms. The lowest BCUT2D eigenvalue weighted by Crippen LogP contribution is -0.569. The van der Waals surface area contributed by atoms with E-state index in [2.05, 4.69) is 6.57 Å². The van der Waals surface area contributed by atoms with Gasteiger partial charge in [-0.25, -0.2) is 5.26 Å². The van der Waals surface area contributed by atoms with E-state index in [-0.39, 0.29) is 24.8 Å². The summed E-state index contributed by atoms with van der Waals surface area (Å²) in [5.74, 6) is 0. The van der Waals surface area contributed by atoms with Crippen molar-refractivity contribution in [3.63, 3.8) is 0 Å². The van der Waals surface area contributed by atoms with Crippen LogP contribution >= 0.6 is 24.8 Å². The number of hydrogen-bond donors (Lipinski definition) is 0. The molecule has 0 amide bonds. The summed E-state index contributed by atoms with van der Waals surface area (Å²) in [7, 11) is 0. The van der Waals surface area contributed by atoms with Crippen LogP contribution in [-0.2, 0) is 0 Å². The molecule has 3 heteroatoms. The molecule has 0 bridgehead atoms. The molecule has 0 unspecified atom stereocenters. The first kappa shape index (κ1) is 33.5. The SMILES string of the molecule is C#N.Cl.Cl. The number of nitrogens with zero attached hydrogens (tertiary/aromatic N) is 1. The largest absolute Gasteiger partial charge is 0.202 e. The van der Waals surface area contributed by atoms with Crippen molar-refractivity contribution < 1.29 is 0 Å². The van der Waals surface area contributed by atoms with Gasteiger partial charge in [0.1, 0.15) is 0 Å². The van der Waals surface area contributed by atoms with Crippen molar-refractivity contribution in [3.05, 3.63) is 0 Å². The molecule has 1 nitrogen and oxygen atoms in total. The highest BCUT2D eigenvalue weighted by Gasteiger charge is 0.513. The highest BCUT2D eigenvalue weighted by molar-refractivity contribution is 5.85. The van der Waals surface area contributed by atoms with Crippen LogP contribution in [0, 0.1) is 11.8 Å². The van der Waals surface area contributed by atoms with Crippen molar-refractivity contribution in [1.82, 2.24) is 0 Å². The molecule has 0 atom stereocenters. The van der Waals surface area contributed by atoms with E-state index >= 15 is 0 Å². The second kappa shape index (κ2) is 2680. The minimum Gasteiger partial charge on any atom is -0.202 e. The molecule has 0 saturated carbocycles. The van der Waals surface area contributed by atoms with E-state index in [0.717, 1.165) is 0 Å². The predicted octanol–water partition coefficient (Wildman–Crippen LogP) is 0.983. The highest BCUT2D eigenvalue weighted by Crippen LogP contribution is 0.691. The molecule has 0 aromatic heterocycles. The Morgan fingerprint density at radius 2 is 1.00 bits per heavy atom. The molecular formula is CH3Cl2N. The average Bonchev–Trinajstić information content (AvgIpc) is 1.00. The summed E-state index contributed by atoms with van der Waals surface area (Å²) in [5, 5.41) is 6.50. The molecule has 0 aliphatic carbocycles. The predicted molar refractivity (Wildman–Crippen MR) is 21.2 cm³/mol. The van der Waals surface area contributed by atoms with Gasteiger partial charge in [-0.1, -0.05) is 0 Å². The van der Waals surface area contributed by atoms with Crippen LogP contribution in [0.4, 0.5) is 0 Å². The topological polar surface area (TPSA) is 23.8 Å². The van der Waals surface area contributed by atoms with Gasteiger partial charge in [-0.2, -0.15) is 0 Å². The van der Waals surface area contributed by atoms with E-state index in [9.17, 15) is 0 Å². The number of rotatable bonds is 0. The second-order valence-electron chi connectivity index (χ2n) is 0. The van der Waals surface area contributed by atoms with Gasteiger partial charge in [0, 0.05) is 6.57 Å². The van der Waals surface area contributed by atoms with E-state index in [1.165, 1.54) is 0 Å². The molecule has 0 radical (unpaired) electrons. The molecule has 0 aliphatic heterocycles. The highest BCUT2D eigenvalue weighted by atomic mass is 35.5. The van der Waals surface area contributed by atoms with Gasteiger partial charge >= 0.3 is 0 Å². The first-order chi connectivity index (χ1) is 1.00. The fraction of sp³-hybridized carbons (Fsp3) is 0. The van der Waals surface area contributed by atoms with Crippen molar-refractivity contribution in [3.8, 4) is 6.57 Å². The minimum absolute atomic E-state index is 0. The van der Waals surface area contributed by atoms with Gasteiger partial charge in [0.05, 0.1) is 0 Å². The Balaban J connectivity index is -0.00000000500. The van der Waals surface area contributed by atoms with Gasteiger partial charge in [-0.15, -0.1) is 24.8 Å². The first-order valence-corrected chi connectivity index (χ1v) is 0.258. The third-order valence-electron chi connectivity index (χ3n) is 0. The van der Waals surface area contributed by atoms with Crippen molar-refractivity contribution >= 4 is 24.8 Å². The van der Waals surface area contributed by atoms with E-state index < -0.39 is 0 Å². The second-order valence-corrected chi connectivity index (χ2v) is 0. The Kier molecular flexibility index (Phi) is 22500. The maximum atomic E-state index is 6.50.